The van der Waals surface area contributed by atoms with Crippen LogP contribution in [0, 0.1) is 22.7 Å². The zero-order valence-electron chi connectivity index (χ0n) is 5.81. The van der Waals surface area contributed by atoms with E-state index < -0.39 is 0 Å². The highest BCUT2D eigenvalue weighted by molar-refractivity contribution is 9.10. The summed E-state index contributed by atoms with van der Waals surface area (Å²) in [5, 5.41) is 17.5. The quantitative estimate of drug-likeness (QED) is 0.701. The van der Waals surface area contributed by atoms with Crippen molar-refractivity contribution in [2.75, 3.05) is 0 Å². The van der Waals surface area contributed by atoms with E-state index in [4.69, 9.17) is 22.1 Å². The molecule has 0 unspecified atom stereocenters. The molecule has 0 aliphatic carbocycles. The van der Waals surface area contributed by atoms with Crippen molar-refractivity contribution < 1.29 is 0 Å². The molecule has 0 N–H and O–H groups in total. The normalized spacial score (nSPS) is 8.67. The van der Waals surface area contributed by atoms with Gasteiger partial charge in [-0.25, -0.2) is 0 Å². The highest BCUT2D eigenvalue weighted by Crippen LogP contribution is 2.24. The van der Waals surface area contributed by atoms with Crippen LogP contribution < -0.4 is 0 Å². The first-order valence-corrected chi connectivity index (χ1v) is 4.15. The molecule has 4 heteroatoms. The minimum atomic E-state index is 0.316. The van der Waals surface area contributed by atoms with Crippen LogP contribution in [0.4, 0.5) is 0 Å². The molecule has 58 valence electrons. The van der Waals surface area contributed by atoms with Crippen LogP contribution in [-0.4, -0.2) is 0 Å². The van der Waals surface area contributed by atoms with Gasteiger partial charge >= 0.3 is 0 Å². The van der Waals surface area contributed by atoms with E-state index in [2.05, 4.69) is 15.9 Å². The Morgan fingerprint density at radius 3 is 2.25 bits per heavy atom. The predicted molar refractivity (Wildman–Crippen MR) is 48.6 cm³/mol. The highest BCUT2D eigenvalue weighted by Gasteiger charge is 2.05. The van der Waals surface area contributed by atoms with Gasteiger partial charge in [0.25, 0.3) is 0 Å². The maximum absolute atomic E-state index is 8.60. The first-order chi connectivity index (χ1) is 5.69. The van der Waals surface area contributed by atoms with E-state index in [0.29, 0.717) is 20.6 Å². The molecule has 1 aromatic carbocycles. The Kier molecular flexibility index (Phi) is 2.70. The maximum atomic E-state index is 8.60. The monoisotopic (exact) mass is 240 g/mol. The second-order valence-electron chi connectivity index (χ2n) is 2.04. The van der Waals surface area contributed by atoms with Crippen molar-refractivity contribution in [1.29, 1.82) is 10.5 Å². The van der Waals surface area contributed by atoms with Crippen LogP contribution in [0.5, 0.6) is 0 Å². The van der Waals surface area contributed by atoms with Crippen molar-refractivity contribution in [1.82, 2.24) is 0 Å². The molecule has 0 saturated carbocycles. The van der Waals surface area contributed by atoms with Crippen LogP contribution in [0.25, 0.3) is 0 Å². The van der Waals surface area contributed by atoms with Gasteiger partial charge in [-0.2, -0.15) is 10.5 Å². The molecule has 0 aliphatic heterocycles. The standard InChI is InChI=1S/C8H2BrClN2/c9-7-2-8(10)6(4-12)1-5(7)3-11/h1-2H. The first kappa shape index (κ1) is 9.06. The summed E-state index contributed by atoms with van der Waals surface area (Å²) in [4.78, 5) is 0. The topological polar surface area (TPSA) is 47.6 Å². The Morgan fingerprint density at radius 1 is 1.17 bits per heavy atom. The van der Waals surface area contributed by atoms with Crippen LogP contribution in [-0.2, 0) is 0 Å². The summed E-state index contributed by atoms with van der Waals surface area (Å²) >= 11 is 8.85. The summed E-state index contributed by atoms with van der Waals surface area (Å²) in [5.41, 5.74) is 0.729. The molecule has 0 spiro atoms. The lowest BCUT2D eigenvalue weighted by Gasteiger charge is -1.97. The Labute approximate surface area is 83.1 Å². The third kappa shape index (κ3) is 1.58. The van der Waals surface area contributed by atoms with Crippen LogP contribution in [0.1, 0.15) is 11.1 Å². The Bertz CT molecular complexity index is 365. The van der Waals surface area contributed by atoms with Gasteiger partial charge in [-0.05, 0) is 28.1 Å². The first-order valence-electron chi connectivity index (χ1n) is 2.98. The lowest BCUT2D eigenvalue weighted by Crippen LogP contribution is -1.82. The predicted octanol–water partition coefficient (Wildman–Crippen LogP) is 2.85. The van der Waals surface area contributed by atoms with E-state index in [1.54, 1.807) is 6.07 Å². The van der Waals surface area contributed by atoms with E-state index in [9.17, 15) is 0 Å². The minimum Gasteiger partial charge on any atom is -0.192 e. The average Bonchev–Trinajstić information content (AvgIpc) is 2.05. The number of hydrogen-bond acceptors (Lipinski definition) is 2. The van der Waals surface area contributed by atoms with Gasteiger partial charge in [-0.3, -0.25) is 0 Å². The summed E-state index contributed by atoms with van der Waals surface area (Å²) in [6, 6.07) is 6.82. The van der Waals surface area contributed by atoms with Crippen molar-refractivity contribution in [3.8, 4) is 12.1 Å². The van der Waals surface area contributed by atoms with Crippen molar-refractivity contribution in [2.45, 2.75) is 0 Å². The number of nitriles is 2. The van der Waals surface area contributed by atoms with Crippen molar-refractivity contribution in [3.63, 3.8) is 0 Å². The van der Waals surface area contributed by atoms with Gasteiger partial charge in [0.15, 0.2) is 0 Å². The molecule has 2 nitrogen and oxygen atoms in total. The number of halogens is 2. The SMILES string of the molecule is N#Cc1cc(C#N)c(Br)cc1Cl. The Morgan fingerprint density at radius 2 is 1.75 bits per heavy atom. The minimum absolute atomic E-state index is 0.316. The van der Waals surface area contributed by atoms with Gasteiger partial charge in [-0.15, -0.1) is 0 Å². The van der Waals surface area contributed by atoms with Crippen LogP contribution >= 0.6 is 27.5 Å². The van der Waals surface area contributed by atoms with Crippen LogP contribution in [0.2, 0.25) is 5.02 Å². The fraction of sp³-hybridized carbons (Fsp3) is 0. The van der Waals surface area contributed by atoms with Crippen LogP contribution in [0.15, 0.2) is 16.6 Å². The number of benzene rings is 1. The van der Waals surface area contributed by atoms with Crippen molar-refractivity contribution in [2.24, 2.45) is 0 Å². The van der Waals surface area contributed by atoms with Gasteiger partial charge in [-0.1, -0.05) is 11.6 Å². The molecule has 0 atom stereocenters. The zero-order valence-corrected chi connectivity index (χ0v) is 8.15. The summed E-state index contributed by atoms with van der Waals surface area (Å²) in [7, 11) is 0. The zero-order chi connectivity index (χ0) is 9.14. The molecular weight excluding hydrogens is 239 g/mol. The number of rotatable bonds is 0. The lowest BCUT2D eigenvalue weighted by atomic mass is 10.1. The Hall–Kier alpha value is -1.03. The van der Waals surface area contributed by atoms with E-state index in [1.807, 2.05) is 12.1 Å². The Balaban J connectivity index is 3.42. The van der Waals surface area contributed by atoms with Gasteiger partial charge in [0, 0.05) is 4.47 Å². The molecule has 0 bridgehead atoms. The van der Waals surface area contributed by atoms with Gasteiger partial charge < -0.3 is 0 Å². The fourth-order valence-electron chi connectivity index (χ4n) is 0.720. The summed E-state index contributed by atoms with van der Waals surface area (Å²) < 4.78 is 0.606. The van der Waals surface area contributed by atoms with E-state index in [-0.39, 0.29) is 0 Å². The van der Waals surface area contributed by atoms with Gasteiger partial charge in [0.2, 0.25) is 0 Å². The summed E-state index contributed by atoms with van der Waals surface area (Å²) in [6.07, 6.45) is 0. The largest absolute Gasteiger partial charge is 0.192 e. The lowest BCUT2D eigenvalue weighted by molar-refractivity contribution is 1.43. The van der Waals surface area contributed by atoms with E-state index in [1.165, 1.54) is 6.07 Å². The molecule has 0 amide bonds. The smallest absolute Gasteiger partial charge is 0.101 e. The van der Waals surface area contributed by atoms with Crippen LogP contribution in [0.3, 0.4) is 0 Å². The maximum Gasteiger partial charge on any atom is 0.101 e. The molecule has 1 rings (SSSR count). The molecular formula is C8H2BrClN2. The third-order valence-electron chi connectivity index (χ3n) is 1.30. The molecule has 0 aromatic heterocycles. The second-order valence-corrected chi connectivity index (χ2v) is 3.30. The molecule has 12 heavy (non-hydrogen) atoms. The molecule has 0 radical (unpaired) electrons. The van der Waals surface area contributed by atoms with E-state index >= 15 is 0 Å². The molecule has 1 aromatic rings. The van der Waals surface area contributed by atoms with Crippen molar-refractivity contribution in [3.05, 3.63) is 32.8 Å². The number of nitrogens with zero attached hydrogens (tertiary/aromatic N) is 2. The van der Waals surface area contributed by atoms with Gasteiger partial charge in [0.05, 0.1) is 16.1 Å². The highest BCUT2D eigenvalue weighted by atomic mass is 79.9. The fourth-order valence-corrected chi connectivity index (χ4v) is 1.49. The summed E-state index contributed by atoms with van der Waals surface area (Å²) in [6.45, 7) is 0. The summed E-state index contributed by atoms with van der Waals surface area (Å²) in [5.74, 6) is 0. The average molecular weight is 241 g/mol. The van der Waals surface area contributed by atoms with E-state index in [0.717, 1.165) is 0 Å². The third-order valence-corrected chi connectivity index (χ3v) is 2.27. The second kappa shape index (κ2) is 3.58. The van der Waals surface area contributed by atoms with Crippen molar-refractivity contribution >= 4 is 27.5 Å². The molecule has 0 fully saturated rings. The molecule has 0 aliphatic rings. The molecule has 0 heterocycles. The number of hydrogen-bond donors (Lipinski definition) is 0. The van der Waals surface area contributed by atoms with Gasteiger partial charge in [0.1, 0.15) is 12.1 Å². The molecule has 0 saturated heterocycles.